The Kier molecular flexibility index (Phi) is 2.86. The van der Waals surface area contributed by atoms with E-state index >= 15 is 0 Å². The van der Waals surface area contributed by atoms with Crippen LogP contribution >= 0.6 is 0 Å². The van der Waals surface area contributed by atoms with E-state index in [0.717, 1.165) is 16.5 Å². The van der Waals surface area contributed by atoms with Crippen LogP contribution in [-0.4, -0.2) is 16.1 Å². The first kappa shape index (κ1) is 10.6. The standard InChI is InChI=1S/C13H13NO2/c1-9-3-2-4-11-10(9)7-8-14-12(11)5-6-13(15)16/h2-4,7-8H,5-6H2,1H3,(H,15,16). The number of rotatable bonds is 3. The lowest BCUT2D eigenvalue weighted by Gasteiger charge is -2.06. The van der Waals surface area contributed by atoms with Crippen molar-refractivity contribution in [3.05, 3.63) is 41.7 Å². The molecule has 0 fully saturated rings. The molecule has 0 unspecified atom stereocenters. The number of hydrogen-bond acceptors (Lipinski definition) is 2. The number of carboxylic acid groups (broad SMARTS) is 1. The van der Waals surface area contributed by atoms with Crippen molar-refractivity contribution >= 4 is 16.7 Å². The van der Waals surface area contributed by atoms with Crippen molar-refractivity contribution in [3.63, 3.8) is 0 Å². The lowest BCUT2D eigenvalue weighted by Crippen LogP contribution is -2.00. The maximum Gasteiger partial charge on any atom is 0.303 e. The molecule has 1 heterocycles. The minimum absolute atomic E-state index is 0.125. The molecule has 82 valence electrons. The van der Waals surface area contributed by atoms with Crippen molar-refractivity contribution < 1.29 is 9.90 Å². The average molecular weight is 215 g/mol. The highest BCUT2D eigenvalue weighted by Gasteiger charge is 2.05. The SMILES string of the molecule is Cc1cccc2c(CCC(=O)O)nccc12. The van der Waals surface area contributed by atoms with Crippen LogP contribution in [0.2, 0.25) is 0 Å². The van der Waals surface area contributed by atoms with Crippen LogP contribution in [0.5, 0.6) is 0 Å². The minimum atomic E-state index is -0.786. The summed E-state index contributed by atoms with van der Waals surface area (Å²) in [4.78, 5) is 14.8. The van der Waals surface area contributed by atoms with E-state index in [4.69, 9.17) is 5.11 Å². The first-order valence-electron chi connectivity index (χ1n) is 5.23. The third kappa shape index (κ3) is 2.03. The minimum Gasteiger partial charge on any atom is -0.481 e. The summed E-state index contributed by atoms with van der Waals surface area (Å²) in [6, 6.07) is 7.98. The highest BCUT2D eigenvalue weighted by atomic mass is 16.4. The molecule has 1 aromatic carbocycles. The molecule has 0 radical (unpaired) electrons. The van der Waals surface area contributed by atoms with Crippen molar-refractivity contribution in [1.82, 2.24) is 4.98 Å². The first-order chi connectivity index (χ1) is 7.68. The van der Waals surface area contributed by atoms with Gasteiger partial charge in [0.15, 0.2) is 0 Å². The van der Waals surface area contributed by atoms with Gasteiger partial charge in [0, 0.05) is 23.7 Å². The Hall–Kier alpha value is -1.90. The number of benzene rings is 1. The van der Waals surface area contributed by atoms with E-state index in [0.29, 0.717) is 6.42 Å². The molecule has 3 heteroatoms. The van der Waals surface area contributed by atoms with Crippen LogP contribution in [0.3, 0.4) is 0 Å². The molecule has 16 heavy (non-hydrogen) atoms. The van der Waals surface area contributed by atoms with E-state index < -0.39 is 5.97 Å². The van der Waals surface area contributed by atoms with Gasteiger partial charge in [-0.15, -0.1) is 0 Å². The molecule has 1 N–H and O–H groups in total. The lowest BCUT2D eigenvalue weighted by molar-refractivity contribution is -0.136. The van der Waals surface area contributed by atoms with Gasteiger partial charge in [-0.25, -0.2) is 0 Å². The number of pyridine rings is 1. The summed E-state index contributed by atoms with van der Waals surface area (Å²) >= 11 is 0. The highest BCUT2D eigenvalue weighted by molar-refractivity contribution is 5.87. The van der Waals surface area contributed by atoms with Crippen molar-refractivity contribution in [2.45, 2.75) is 19.8 Å². The molecule has 0 aliphatic heterocycles. The molecule has 1 aromatic heterocycles. The van der Waals surface area contributed by atoms with Gasteiger partial charge in [0.05, 0.1) is 6.42 Å². The number of nitrogens with zero attached hydrogens (tertiary/aromatic N) is 1. The van der Waals surface area contributed by atoms with Gasteiger partial charge in [-0.05, 0) is 23.9 Å². The molecule has 0 atom stereocenters. The monoisotopic (exact) mass is 215 g/mol. The van der Waals surface area contributed by atoms with E-state index in [-0.39, 0.29) is 6.42 Å². The quantitative estimate of drug-likeness (QED) is 0.856. The van der Waals surface area contributed by atoms with E-state index in [9.17, 15) is 4.79 Å². The van der Waals surface area contributed by atoms with Crippen LogP contribution in [-0.2, 0) is 11.2 Å². The molecule has 2 rings (SSSR count). The molecule has 0 bridgehead atoms. The van der Waals surface area contributed by atoms with Crippen molar-refractivity contribution in [2.75, 3.05) is 0 Å². The summed E-state index contributed by atoms with van der Waals surface area (Å²) in [5, 5.41) is 10.9. The molecule has 0 aliphatic carbocycles. The summed E-state index contributed by atoms with van der Waals surface area (Å²) in [6.07, 6.45) is 2.35. The number of fused-ring (bicyclic) bond motifs is 1. The Balaban J connectivity index is 2.45. The summed E-state index contributed by atoms with van der Waals surface area (Å²) in [7, 11) is 0. The zero-order chi connectivity index (χ0) is 11.5. The zero-order valence-corrected chi connectivity index (χ0v) is 9.10. The van der Waals surface area contributed by atoms with Gasteiger partial charge in [-0.1, -0.05) is 18.2 Å². The van der Waals surface area contributed by atoms with Crippen LogP contribution in [0, 0.1) is 6.92 Å². The summed E-state index contributed by atoms with van der Waals surface area (Å²) < 4.78 is 0. The summed E-state index contributed by atoms with van der Waals surface area (Å²) in [5.41, 5.74) is 2.06. The van der Waals surface area contributed by atoms with Gasteiger partial charge >= 0.3 is 5.97 Å². The van der Waals surface area contributed by atoms with Crippen LogP contribution in [0.4, 0.5) is 0 Å². The fourth-order valence-corrected chi connectivity index (χ4v) is 1.85. The molecule has 2 aromatic rings. The third-order valence-electron chi connectivity index (χ3n) is 2.68. The van der Waals surface area contributed by atoms with Gasteiger partial charge in [0.25, 0.3) is 0 Å². The van der Waals surface area contributed by atoms with Crippen molar-refractivity contribution in [3.8, 4) is 0 Å². The molecule has 3 nitrogen and oxygen atoms in total. The summed E-state index contributed by atoms with van der Waals surface area (Å²) in [5.74, 6) is -0.786. The van der Waals surface area contributed by atoms with Gasteiger partial charge < -0.3 is 5.11 Å². The molecule has 0 spiro atoms. The van der Waals surface area contributed by atoms with Crippen LogP contribution in [0.1, 0.15) is 17.7 Å². The predicted octanol–water partition coefficient (Wildman–Crippen LogP) is 2.56. The smallest absolute Gasteiger partial charge is 0.303 e. The lowest BCUT2D eigenvalue weighted by atomic mass is 10.0. The van der Waals surface area contributed by atoms with Crippen molar-refractivity contribution in [1.29, 1.82) is 0 Å². The Bertz CT molecular complexity index is 534. The van der Waals surface area contributed by atoms with E-state index in [2.05, 4.69) is 4.98 Å². The van der Waals surface area contributed by atoms with Crippen LogP contribution in [0.15, 0.2) is 30.5 Å². The largest absolute Gasteiger partial charge is 0.481 e. The van der Waals surface area contributed by atoms with E-state index in [1.807, 2.05) is 31.2 Å². The average Bonchev–Trinajstić information content (AvgIpc) is 2.27. The normalized spacial score (nSPS) is 10.6. The number of aromatic nitrogens is 1. The topological polar surface area (TPSA) is 50.2 Å². The zero-order valence-electron chi connectivity index (χ0n) is 9.10. The van der Waals surface area contributed by atoms with Gasteiger partial charge in [0.2, 0.25) is 0 Å². The number of carbonyl (C=O) groups is 1. The molecule has 0 saturated carbocycles. The van der Waals surface area contributed by atoms with E-state index in [1.165, 1.54) is 5.56 Å². The fourth-order valence-electron chi connectivity index (χ4n) is 1.85. The molecular formula is C13H13NO2. The van der Waals surface area contributed by atoms with Gasteiger partial charge in [0.1, 0.15) is 0 Å². The van der Waals surface area contributed by atoms with Gasteiger partial charge in [-0.2, -0.15) is 0 Å². The Morgan fingerprint density at radius 1 is 1.31 bits per heavy atom. The van der Waals surface area contributed by atoms with Gasteiger partial charge in [-0.3, -0.25) is 9.78 Å². The number of aryl methyl sites for hydroxylation is 2. The molecular weight excluding hydrogens is 202 g/mol. The second kappa shape index (κ2) is 4.31. The highest BCUT2D eigenvalue weighted by Crippen LogP contribution is 2.21. The molecule has 0 amide bonds. The van der Waals surface area contributed by atoms with E-state index in [1.54, 1.807) is 6.20 Å². The Morgan fingerprint density at radius 2 is 2.12 bits per heavy atom. The molecule has 0 saturated heterocycles. The number of carboxylic acids is 1. The number of aliphatic carboxylic acids is 1. The molecule has 0 aliphatic rings. The maximum absolute atomic E-state index is 10.5. The third-order valence-corrected chi connectivity index (χ3v) is 2.68. The van der Waals surface area contributed by atoms with Crippen LogP contribution < -0.4 is 0 Å². The first-order valence-corrected chi connectivity index (χ1v) is 5.23. The second-order valence-electron chi connectivity index (χ2n) is 3.82. The van der Waals surface area contributed by atoms with Crippen molar-refractivity contribution in [2.24, 2.45) is 0 Å². The Morgan fingerprint density at radius 3 is 2.88 bits per heavy atom. The van der Waals surface area contributed by atoms with Crippen LogP contribution in [0.25, 0.3) is 10.8 Å². The fraction of sp³-hybridized carbons (Fsp3) is 0.231. The summed E-state index contributed by atoms with van der Waals surface area (Å²) in [6.45, 7) is 2.04. The second-order valence-corrected chi connectivity index (χ2v) is 3.82. The Labute approximate surface area is 93.7 Å². The predicted molar refractivity (Wildman–Crippen MR) is 62.4 cm³/mol. The number of hydrogen-bond donors (Lipinski definition) is 1. The maximum atomic E-state index is 10.5.